The molecule has 0 bridgehead atoms. The fourth-order valence-corrected chi connectivity index (χ4v) is 2.28. The summed E-state index contributed by atoms with van der Waals surface area (Å²) in [7, 11) is 0. The number of rotatable bonds is 7. The quantitative estimate of drug-likeness (QED) is 0.767. The highest BCUT2D eigenvalue weighted by Crippen LogP contribution is 2.21. The zero-order valence-corrected chi connectivity index (χ0v) is 13.1. The summed E-state index contributed by atoms with van der Waals surface area (Å²) in [6.07, 6.45) is 1.95. The average molecular weight is 286 g/mol. The van der Waals surface area contributed by atoms with Crippen LogP contribution in [0, 0.1) is 17.7 Å². The minimum Gasteiger partial charge on any atom is -0.313 e. The second-order valence-electron chi connectivity index (χ2n) is 5.62. The van der Waals surface area contributed by atoms with Crippen LogP contribution < -0.4 is 5.32 Å². The van der Waals surface area contributed by atoms with Crippen molar-refractivity contribution in [2.45, 2.75) is 46.6 Å². The molecule has 0 aliphatic carbocycles. The van der Waals surface area contributed by atoms with E-state index in [4.69, 9.17) is 11.6 Å². The van der Waals surface area contributed by atoms with Crippen LogP contribution >= 0.6 is 11.6 Å². The Morgan fingerprint density at radius 2 is 1.95 bits per heavy atom. The normalized spacial score (nSPS) is 14.7. The first kappa shape index (κ1) is 16.5. The molecule has 2 unspecified atom stereocenters. The third-order valence-electron chi connectivity index (χ3n) is 3.78. The molecule has 1 nitrogen and oxygen atoms in total. The molecule has 1 aromatic rings. The Bertz CT molecular complexity index is 392. The van der Waals surface area contributed by atoms with Crippen LogP contribution in [0.2, 0.25) is 5.02 Å². The molecule has 0 aliphatic heterocycles. The maximum Gasteiger partial charge on any atom is 0.142 e. The standard InChI is InChI=1S/C16H25ClFN/c1-5-8-19-16(12(4)11(2)3)10-13-6-7-14(17)15(18)9-13/h6-7,9,11-12,16,19H,5,8,10H2,1-4H3. The van der Waals surface area contributed by atoms with E-state index in [9.17, 15) is 4.39 Å². The molecule has 0 saturated heterocycles. The second kappa shape index (κ2) is 7.86. The molecule has 0 spiro atoms. The molecular formula is C16H25ClFN. The zero-order valence-electron chi connectivity index (χ0n) is 12.3. The first-order chi connectivity index (χ1) is 8.95. The summed E-state index contributed by atoms with van der Waals surface area (Å²) in [5.41, 5.74) is 1.00. The van der Waals surface area contributed by atoms with Crippen LogP contribution in [0.15, 0.2) is 18.2 Å². The molecule has 0 radical (unpaired) electrons. The van der Waals surface area contributed by atoms with Gasteiger partial charge in [0, 0.05) is 6.04 Å². The van der Waals surface area contributed by atoms with Gasteiger partial charge >= 0.3 is 0 Å². The fraction of sp³-hybridized carbons (Fsp3) is 0.625. The van der Waals surface area contributed by atoms with Crippen LogP contribution in [-0.4, -0.2) is 12.6 Å². The Balaban J connectivity index is 2.77. The van der Waals surface area contributed by atoms with Gasteiger partial charge in [-0.25, -0.2) is 4.39 Å². The molecule has 0 amide bonds. The lowest BCUT2D eigenvalue weighted by atomic mass is 9.86. The van der Waals surface area contributed by atoms with Crippen molar-refractivity contribution in [2.75, 3.05) is 6.54 Å². The van der Waals surface area contributed by atoms with E-state index in [2.05, 4.69) is 33.0 Å². The minimum absolute atomic E-state index is 0.193. The van der Waals surface area contributed by atoms with E-state index in [1.165, 1.54) is 0 Å². The van der Waals surface area contributed by atoms with Crippen LogP contribution in [0.5, 0.6) is 0 Å². The molecule has 19 heavy (non-hydrogen) atoms. The van der Waals surface area contributed by atoms with Gasteiger partial charge < -0.3 is 5.32 Å². The van der Waals surface area contributed by atoms with Crippen LogP contribution in [0.25, 0.3) is 0 Å². The molecule has 2 atom stereocenters. The van der Waals surface area contributed by atoms with Gasteiger partial charge in [-0.05, 0) is 48.9 Å². The Kier molecular flexibility index (Phi) is 6.81. The van der Waals surface area contributed by atoms with Gasteiger partial charge in [-0.15, -0.1) is 0 Å². The SMILES string of the molecule is CCCNC(Cc1ccc(Cl)c(F)c1)C(C)C(C)C. The van der Waals surface area contributed by atoms with Crippen molar-refractivity contribution < 1.29 is 4.39 Å². The molecular weight excluding hydrogens is 261 g/mol. The first-order valence-corrected chi connectivity index (χ1v) is 7.50. The molecule has 1 N–H and O–H groups in total. The van der Waals surface area contributed by atoms with Crippen LogP contribution in [0.1, 0.15) is 39.7 Å². The van der Waals surface area contributed by atoms with Gasteiger partial charge in [-0.1, -0.05) is 45.4 Å². The van der Waals surface area contributed by atoms with Gasteiger partial charge in [-0.3, -0.25) is 0 Å². The van der Waals surface area contributed by atoms with E-state index in [-0.39, 0.29) is 10.8 Å². The number of benzene rings is 1. The predicted octanol–water partition coefficient (Wildman–Crippen LogP) is 4.68. The van der Waals surface area contributed by atoms with Crippen LogP contribution in [0.4, 0.5) is 4.39 Å². The number of nitrogens with one attached hydrogen (secondary N) is 1. The summed E-state index contributed by atoms with van der Waals surface area (Å²) in [5.74, 6) is 0.822. The lowest BCUT2D eigenvalue weighted by Gasteiger charge is -2.28. The van der Waals surface area contributed by atoms with E-state index in [1.807, 2.05) is 6.07 Å². The van der Waals surface area contributed by atoms with Crippen molar-refractivity contribution in [3.63, 3.8) is 0 Å². The molecule has 0 fully saturated rings. The molecule has 3 heteroatoms. The van der Waals surface area contributed by atoms with Gasteiger partial charge in [0.1, 0.15) is 5.82 Å². The lowest BCUT2D eigenvalue weighted by molar-refractivity contribution is 0.297. The van der Waals surface area contributed by atoms with E-state index < -0.39 is 0 Å². The molecule has 0 aromatic heterocycles. The van der Waals surface area contributed by atoms with Crippen LogP contribution in [0.3, 0.4) is 0 Å². The largest absolute Gasteiger partial charge is 0.313 e. The van der Waals surface area contributed by atoms with Gasteiger partial charge in [-0.2, -0.15) is 0 Å². The predicted molar refractivity (Wildman–Crippen MR) is 81.2 cm³/mol. The van der Waals surface area contributed by atoms with Gasteiger partial charge in [0.05, 0.1) is 5.02 Å². The van der Waals surface area contributed by atoms with Gasteiger partial charge in [0.15, 0.2) is 0 Å². The molecule has 0 heterocycles. The summed E-state index contributed by atoms with van der Waals surface area (Å²) in [6.45, 7) is 9.87. The zero-order chi connectivity index (χ0) is 14.4. The maximum absolute atomic E-state index is 13.5. The Morgan fingerprint density at radius 3 is 2.47 bits per heavy atom. The fourth-order valence-electron chi connectivity index (χ4n) is 2.16. The third kappa shape index (κ3) is 5.12. The van der Waals surface area contributed by atoms with E-state index in [0.29, 0.717) is 17.9 Å². The monoisotopic (exact) mass is 285 g/mol. The molecule has 108 valence electrons. The average Bonchev–Trinajstić information content (AvgIpc) is 2.37. The second-order valence-corrected chi connectivity index (χ2v) is 6.02. The highest BCUT2D eigenvalue weighted by molar-refractivity contribution is 6.30. The van der Waals surface area contributed by atoms with Gasteiger partial charge in [0.2, 0.25) is 0 Å². The highest BCUT2D eigenvalue weighted by Gasteiger charge is 2.20. The van der Waals surface area contributed by atoms with E-state index in [0.717, 1.165) is 24.9 Å². The van der Waals surface area contributed by atoms with Gasteiger partial charge in [0.25, 0.3) is 0 Å². The molecule has 0 saturated carbocycles. The Labute approximate surface area is 121 Å². The van der Waals surface area contributed by atoms with Crippen molar-refractivity contribution in [3.8, 4) is 0 Å². The smallest absolute Gasteiger partial charge is 0.142 e. The number of halogens is 2. The summed E-state index contributed by atoms with van der Waals surface area (Å²) in [5, 5.41) is 3.77. The number of hydrogen-bond donors (Lipinski definition) is 1. The summed E-state index contributed by atoms with van der Waals surface area (Å²) >= 11 is 5.72. The maximum atomic E-state index is 13.5. The van der Waals surface area contributed by atoms with Crippen molar-refractivity contribution in [3.05, 3.63) is 34.6 Å². The molecule has 0 aliphatic rings. The van der Waals surface area contributed by atoms with E-state index >= 15 is 0 Å². The Hall–Kier alpha value is -0.600. The summed E-state index contributed by atoms with van der Waals surface area (Å²) < 4.78 is 13.5. The van der Waals surface area contributed by atoms with Crippen molar-refractivity contribution in [2.24, 2.45) is 11.8 Å². The number of hydrogen-bond acceptors (Lipinski definition) is 1. The minimum atomic E-state index is -0.328. The third-order valence-corrected chi connectivity index (χ3v) is 4.09. The van der Waals surface area contributed by atoms with Crippen molar-refractivity contribution >= 4 is 11.6 Å². The van der Waals surface area contributed by atoms with Crippen molar-refractivity contribution in [1.82, 2.24) is 5.32 Å². The summed E-state index contributed by atoms with van der Waals surface area (Å²) in [4.78, 5) is 0. The molecule has 1 rings (SSSR count). The van der Waals surface area contributed by atoms with Crippen LogP contribution in [-0.2, 0) is 6.42 Å². The lowest BCUT2D eigenvalue weighted by Crippen LogP contribution is -2.39. The first-order valence-electron chi connectivity index (χ1n) is 7.13. The Morgan fingerprint density at radius 1 is 1.26 bits per heavy atom. The van der Waals surface area contributed by atoms with Crippen molar-refractivity contribution in [1.29, 1.82) is 0 Å². The van der Waals surface area contributed by atoms with E-state index in [1.54, 1.807) is 12.1 Å². The highest BCUT2D eigenvalue weighted by atomic mass is 35.5. The topological polar surface area (TPSA) is 12.0 Å². The summed E-state index contributed by atoms with van der Waals surface area (Å²) in [6, 6.07) is 5.48. The molecule has 1 aromatic carbocycles.